The van der Waals surface area contributed by atoms with Gasteiger partial charge < -0.3 is 14.2 Å². The van der Waals surface area contributed by atoms with E-state index >= 15 is 0 Å². The molecule has 74 heavy (non-hydrogen) atoms. The molecule has 0 aliphatic carbocycles. The van der Waals surface area contributed by atoms with Gasteiger partial charge in [0.2, 0.25) is 0 Å². The van der Waals surface area contributed by atoms with Crippen molar-refractivity contribution >= 4 is 17.9 Å². The minimum absolute atomic E-state index is 0.0899. The quantitative estimate of drug-likeness (QED) is 0.0261. The molecule has 0 radical (unpaired) electrons. The summed E-state index contributed by atoms with van der Waals surface area (Å²) in [6, 6.07) is 0. The van der Waals surface area contributed by atoms with Gasteiger partial charge in [-0.2, -0.15) is 0 Å². The molecule has 0 aromatic carbocycles. The highest BCUT2D eigenvalue weighted by molar-refractivity contribution is 5.71. The molecular formula is C68H112O6. The first-order chi connectivity index (χ1) is 36.5. The van der Waals surface area contributed by atoms with Crippen LogP contribution in [0.1, 0.15) is 271 Å². The van der Waals surface area contributed by atoms with Crippen LogP contribution in [0.4, 0.5) is 0 Å². The Labute approximate surface area is 456 Å². The van der Waals surface area contributed by atoms with Crippen LogP contribution in [0, 0.1) is 0 Å². The van der Waals surface area contributed by atoms with Gasteiger partial charge >= 0.3 is 17.9 Å². The molecule has 0 saturated carbocycles. The van der Waals surface area contributed by atoms with E-state index in [4.69, 9.17) is 14.2 Å². The highest BCUT2D eigenvalue weighted by Gasteiger charge is 2.19. The van der Waals surface area contributed by atoms with Crippen molar-refractivity contribution < 1.29 is 28.6 Å². The summed E-state index contributed by atoms with van der Waals surface area (Å²) >= 11 is 0. The van der Waals surface area contributed by atoms with Crippen molar-refractivity contribution in [2.24, 2.45) is 0 Å². The van der Waals surface area contributed by atoms with E-state index in [9.17, 15) is 14.4 Å². The number of rotatable bonds is 54. The van der Waals surface area contributed by atoms with Crippen molar-refractivity contribution in [3.05, 3.63) is 122 Å². The molecule has 0 aromatic rings. The normalized spacial score (nSPS) is 13.0. The lowest BCUT2D eigenvalue weighted by molar-refractivity contribution is -0.167. The van der Waals surface area contributed by atoms with E-state index in [0.29, 0.717) is 19.3 Å². The fourth-order valence-electron chi connectivity index (χ4n) is 8.13. The molecule has 1 atom stereocenters. The number of carbonyl (C=O) groups excluding carboxylic acids is 3. The van der Waals surface area contributed by atoms with Gasteiger partial charge in [0, 0.05) is 19.3 Å². The third-order valence-electron chi connectivity index (χ3n) is 12.7. The summed E-state index contributed by atoms with van der Waals surface area (Å²) in [6.07, 6.45) is 84.8. The van der Waals surface area contributed by atoms with Gasteiger partial charge in [-0.05, 0) is 116 Å². The molecule has 0 aromatic heterocycles. The zero-order valence-electron chi connectivity index (χ0n) is 48.1. The molecule has 1 unspecified atom stereocenters. The number of ether oxygens (including phenoxy) is 3. The first kappa shape index (κ1) is 69.8. The minimum atomic E-state index is -0.794. The summed E-state index contributed by atoms with van der Waals surface area (Å²) in [5.41, 5.74) is 0. The fourth-order valence-corrected chi connectivity index (χ4v) is 8.13. The van der Waals surface area contributed by atoms with Crippen molar-refractivity contribution in [3.8, 4) is 0 Å². The van der Waals surface area contributed by atoms with Crippen LogP contribution in [0.2, 0.25) is 0 Å². The molecule has 0 spiro atoms. The largest absolute Gasteiger partial charge is 0.462 e. The summed E-state index contributed by atoms with van der Waals surface area (Å²) in [6.45, 7) is 6.46. The number of hydrogen-bond acceptors (Lipinski definition) is 6. The van der Waals surface area contributed by atoms with Crippen LogP contribution < -0.4 is 0 Å². The summed E-state index contributed by atoms with van der Waals surface area (Å²) in [5.74, 6) is -0.924. The van der Waals surface area contributed by atoms with E-state index in [2.05, 4.69) is 142 Å². The van der Waals surface area contributed by atoms with Gasteiger partial charge in [0.05, 0.1) is 0 Å². The second-order valence-corrected chi connectivity index (χ2v) is 19.9. The molecule has 6 nitrogen and oxygen atoms in total. The molecule has 0 N–H and O–H groups in total. The van der Waals surface area contributed by atoms with Gasteiger partial charge in [-0.3, -0.25) is 14.4 Å². The standard InChI is InChI=1S/C68H112O6/c1-4-7-10-13-16-19-22-24-26-28-29-30-31-32-33-34-35-36-37-38-39-41-42-44-46-49-52-55-58-61-67(70)73-64-65(63-72-66(69)60-57-54-51-48-21-18-15-12-9-6-3)74-68(71)62-59-56-53-50-47-45-43-40-27-25-23-20-17-14-11-8-5-2/h7,10,16-17,19-20,24-27,29-30,32-33,35-36,38-39,42,44,65H,4-6,8-9,11-15,18,21-23,28,31,34,37,40-41,43,45-64H2,1-3H3/b10-7-,19-16-,20-17-,26-24-,27-25-,30-29-,33-32-,36-35-,39-38-,44-42-. The Morgan fingerprint density at radius 2 is 0.527 bits per heavy atom. The highest BCUT2D eigenvalue weighted by atomic mass is 16.6. The van der Waals surface area contributed by atoms with Gasteiger partial charge in [-0.1, -0.05) is 258 Å². The molecule has 0 amide bonds. The molecule has 0 fully saturated rings. The molecule has 0 saturated heterocycles. The minimum Gasteiger partial charge on any atom is -0.462 e. The second-order valence-electron chi connectivity index (χ2n) is 19.9. The molecule has 0 aliphatic heterocycles. The van der Waals surface area contributed by atoms with Crippen molar-refractivity contribution in [2.75, 3.05) is 13.2 Å². The van der Waals surface area contributed by atoms with Crippen molar-refractivity contribution in [1.82, 2.24) is 0 Å². The molecule has 420 valence electrons. The fraction of sp³-hybridized carbons (Fsp3) is 0.662. The number of carbonyl (C=O) groups is 3. The first-order valence-electron chi connectivity index (χ1n) is 30.5. The number of esters is 3. The van der Waals surface area contributed by atoms with E-state index in [1.165, 1.54) is 96.3 Å². The summed E-state index contributed by atoms with van der Waals surface area (Å²) in [7, 11) is 0. The zero-order chi connectivity index (χ0) is 53.6. The van der Waals surface area contributed by atoms with Crippen molar-refractivity contribution in [2.45, 2.75) is 277 Å². The van der Waals surface area contributed by atoms with Crippen LogP contribution in [0.15, 0.2) is 122 Å². The Kier molecular flexibility index (Phi) is 57.9. The molecule has 0 aliphatic rings. The van der Waals surface area contributed by atoms with E-state index in [1.54, 1.807) is 0 Å². The topological polar surface area (TPSA) is 78.9 Å². The predicted octanol–water partition coefficient (Wildman–Crippen LogP) is 20.8. The van der Waals surface area contributed by atoms with Crippen LogP contribution in [0.3, 0.4) is 0 Å². The summed E-state index contributed by atoms with van der Waals surface area (Å²) < 4.78 is 16.8. The maximum absolute atomic E-state index is 12.9. The van der Waals surface area contributed by atoms with Gasteiger partial charge in [-0.15, -0.1) is 0 Å². The number of hydrogen-bond donors (Lipinski definition) is 0. The van der Waals surface area contributed by atoms with Crippen LogP contribution >= 0.6 is 0 Å². The van der Waals surface area contributed by atoms with E-state index in [-0.39, 0.29) is 31.1 Å². The Balaban J connectivity index is 4.34. The zero-order valence-corrected chi connectivity index (χ0v) is 48.1. The monoisotopic (exact) mass is 1020 g/mol. The predicted molar refractivity (Wildman–Crippen MR) is 320 cm³/mol. The van der Waals surface area contributed by atoms with E-state index in [1.807, 2.05) is 0 Å². The Hall–Kier alpha value is -4.19. The lowest BCUT2D eigenvalue weighted by Gasteiger charge is -2.18. The van der Waals surface area contributed by atoms with Crippen LogP contribution in [0.25, 0.3) is 0 Å². The maximum Gasteiger partial charge on any atom is 0.306 e. The summed E-state index contributed by atoms with van der Waals surface area (Å²) in [4.78, 5) is 38.1. The SMILES string of the molecule is CC/C=C\C/C=C\C/C=C\C/C=C\C/C=C\C/C=C\C/C=C\C/C=C\CCCCCCC(=O)OCC(COC(=O)CCCCCCCCCCCC)OC(=O)CCCCCCCCC/C=C\C/C=C\CCCCC. The van der Waals surface area contributed by atoms with E-state index in [0.717, 1.165) is 135 Å². The second kappa shape index (κ2) is 61.4. The van der Waals surface area contributed by atoms with Crippen LogP contribution in [-0.4, -0.2) is 37.2 Å². The summed E-state index contributed by atoms with van der Waals surface area (Å²) in [5, 5.41) is 0. The highest BCUT2D eigenvalue weighted by Crippen LogP contribution is 2.15. The van der Waals surface area contributed by atoms with Gasteiger partial charge in [0.15, 0.2) is 6.10 Å². The Morgan fingerprint density at radius 1 is 0.284 bits per heavy atom. The van der Waals surface area contributed by atoms with Gasteiger partial charge in [-0.25, -0.2) is 0 Å². The maximum atomic E-state index is 12.9. The lowest BCUT2D eigenvalue weighted by Crippen LogP contribution is -2.30. The molecule has 0 bridgehead atoms. The van der Waals surface area contributed by atoms with E-state index < -0.39 is 6.10 Å². The average molecular weight is 1030 g/mol. The molecular weight excluding hydrogens is 913 g/mol. The lowest BCUT2D eigenvalue weighted by atomic mass is 10.1. The molecule has 0 heterocycles. The van der Waals surface area contributed by atoms with Crippen LogP contribution in [0.5, 0.6) is 0 Å². The van der Waals surface area contributed by atoms with Gasteiger partial charge in [0.25, 0.3) is 0 Å². The third-order valence-corrected chi connectivity index (χ3v) is 12.7. The Bertz CT molecular complexity index is 1550. The molecule has 0 rings (SSSR count). The molecule has 6 heteroatoms. The van der Waals surface area contributed by atoms with Gasteiger partial charge in [0.1, 0.15) is 13.2 Å². The van der Waals surface area contributed by atoms with Crippen LogP contribution in [-0.2, 0) is 28.6 Å². The number of unbranched alkanes of at least 4 members (excludes halogenated alkanes) is 23. The van der Waals surface area contributed by atoms with Crippen molar-refractivity contribution in [3.63, 3.8) is 0 Å². The first-order valence-corrected chi connectivity index (χ1v) is 30.5. The smallest absolute Gasteiger partial charge is 0.306 e. The number of allylic oxidation sites excluding steroid dienone is 20. The van der Waals surface area contributed by atoms with Crippen molar-refractivity contribution in [1.29, 1.82) is 0 Å². The Morgan fingerprint density at radius 3 is 0.851 bits per heavy atom. The average Bonchev–Trinajstić information content (AvgIpc) is 3.40. The third kappa shape index (κ3) is 58.7.